The lowest BCUT2D eigenvalue weighted by atomic mass is 10.1. The normalized spacial score (nSPS) is 11.8. The molecule has 0 unspecified atom stereocenters. The van der Waals surface area contributed by atoms with E-state index in [2.05, 4.69) is 15.0 Å². The summed E-state index contributed by atoms with van der Waals surface area (Å²) in [5, 5.41) is -0.164. The zero-order chi connectivity index (χ0) is 15.6. The lowest BCUT2D eigenvalue weighted by Gasteiger charge is -2.03. The number of esters is 1. The monoisotopic (exact) mass is 311 g/mol. The number of H-pyrrole nitrogens is 1. The summed E-state index contributed by atoms with van der Waals surface area (Å²) in [5.41, 5.74) is 1.55. The molecule has 0 aliphatic carbocycles. The molecule has 0 fully saturated rings. The summed E-state index contributed by atoms with van der Waals surface area (Å²) in [6.07, 6.45) is 3.67. The molecule has 2 aromatic rings. The summed E-state index contributed by atoms with van der Waals surface area (Å²) in [6.45, 7) is 3.92. The van der Waals surface area contributed by atoms with Crippen LogP contribution in [0, 0.1) is 0 Å². The average molecular weight is 311 g/mol. The molecular weight excluding hydrogens is 294 g/mol. The van der Waals surface area contributed by atoms with Crippen molar-refractivity contribution in [3.63, 3.8) is 0 Å². The van der Waals surface area contributed by atoms with Crippen molar-refractivity contribution in [2.45, 2.75) is 31.7 Å². The molecule has 0 aliphatic heterocycles. The number of hydrogen-bond acceptors (Lipinski definition) is 6. The predicted molar refractivity (Wildman–Crippen MR) is 77.0 cm³/mol. The van der Waals surface area contributed by atoms with Crippen LogP contribution in [0.4, 0.5) is 0 Å². The Kier molecular flexibility index (Phi) is 4.26. The Bertz CT molecular complexity index is 780. The first-order chi connectivity index (χ1) is 9.88. The maximum absolute atomic E-state index is 12.1. The molecule has 0 radical (unpaired) electrons. The fraction of sp³-hybridized carbons (Fsp3) is 0.462. The van der Waals surface area contributed by atoms with Crippen LogP contribution in [0.15, 0.2) is 11.2 Å². The zero-order valence-electron chi connectivity index (χ0n) is 12.1. The largest absolute Gasteiger partial charge is 0.462 e. The number of carbonyl (C=O) groups is 1. The molecule has 1 N–H and O–H groups in total. The van der Waals surface area contributed by atoms with Gasteiger partial charge in [0.1, 0.15) is 11.1 Å². The van der Waals surface area contributed by atoms with Gasteiger partial charge in [-0.15, -0.1) is 0 Å². The molecule has 0 amide bonds. The Morgan fingerprint density at radius 2 is 2.10 bits per heavy atom. The van der Waals surface area contributed by atoms with Crippen LogP contribution in [0.2, 0.25) is 0 Å². The minimum Gasteiger partial charge on any atom is -0.462 e. The van der Waals surface area contributed by atoms with Crippen LogP contribution in [-0.4, -0.2) is 42.2 Å². The van der Waals surface area contributed by atoms with E-state index in [9.17, 15) is 13.2 Å². The quantitative estimate of drug-likeness (QED) is 0.839. The van der Waals surface area contributed by atoms with E-state index in [0.29, 0.717) is 17.8 Å². The van der Waals surface area contributed by atoms with Crippen molar-refractivity contribution in [3.8, 4) is 0 Å². The van der Waals surface area contributed by atoms with Crippen LogP contribution in [0.3, 0.4) is 0 Å². The number of hydrogen-bond donors (Lipinski definition) is 1. The number of nitrogens with zero attached hydrogens (tertiary/aromatic N) is 2. The van der Waals surface area contributed by atoms with Gasteiger partial charge in [0.15, 0.2) is 20.5 Å². The standard InChI is InChI=1S/C13H17N3O4S/c1-4-6-8-10(13(17)20-5-2)11-12(15-8)14-7-9(16-11)21(3,18)19/h7H,4-6H2,1-3H3,(H,14,15). The maximum Gasteiger partial charge on any atom is 0.342 e. The first kappa shape index (κ1) is 15.4. The van der Waals surface area contributed by atoms with Crippen LogP contribution in [-0.2, 0) is 21.0 Å². The summed E-state index contributed by atoms with van der Waals surface area (Å²) in [6, 6.07) is 0. The van der Waals surface area contributed by atoms with E-state index in [0.717, 1.165) is 12.7 Å². The minimum absolute atomic E-state index is 0.164. The molecule has 7 nitrogen and oxygen atoms in total. The van der Waals surface area contributed by atoms with Gasteiger partial charge in [-0.05, 0) is 13.3 Å². The Morgan fingerprint density at radius 1 is 1.38 bits per heavy atom. The molecule has 0 saturated carbocycles. The maximum atomic E-state index is 12.1. The highest BCUT2D eigenvalue weighted by molar-refractivity contribution is 7.90. The highest BCUT2D eigenvalue weighted by atomic mass is 32.2. The minimum atomic E-state index is -3.49. The molecule has 2 aromatic heterocycles. The average Bonchev–Trinajstić information content (AvgIpc) is 2.75. The molecule has 2 rings (SSSR count). The van der Waals surface area contributed by atoms with E-state index < -0.39 is 15.8 Å². The first-order valence-electron chi connectivity index (χ1n) is 6.63. The van der Waals surface area contributed by atoms with E-state index in [-0.39, 0.29) is 22.7 Å². The second kappa shape index (κ2) is 5.80. The summed E-state index contributed by atoms with van der Waals surface area (Å²) >= 11 is 0. The molecule has 0 aliphatic rings. The van der Waals surface area contributed by atoms with Gasteiger partial charge in [-0.1, -0.05) is 13.3 Å². The Morgan fingerprint density at radius 3 is 2.67 bits per heavy atom. The SMILES string of the molecule is CCCc1[nH]c2ncc(S(C)(=O)=O)nc2c1C(=O)OCC. The van der Waals surface area contributed by atoms with Crippen molar-refractivity contribution in [2.75, 3.05) is 12.9 Å². The number of sulfone groups is 1. The zero-order valence-corrected chi connectivity index (χ0v) is 13.0. The number of aromatic amines is 1. The van der Waals surface area contributed by atoms with Crippen molar-refractivity contribution in [3.05, 3.63) is 17.5 Å². The van der Waals surface area contributed by atoms with Crippen molar-refractivity contribution >= 4 is 27.0 Å². The fourth-order valence-corrected chi connectivity index (χ4v) is 2.53. The number of ether oxygens (including phenoxy) is 1. The van der Waals surface area contributed by atoms with Crippen molar-refractivity contribution in [1.29, 1.82) is 0 Å². The van der Waals surface area contributed by atoms with Gasteiger partial charge in [-0.2, -0.15) is 0 Å². The second-order valence-corrected chi connectivity index (χ2v) is 6.59. The highest BCUT2D eigenvalue weighted by Gasteiger charge is 2.23. The Labute approximate surface area is 122 Å². The number of carbonyl (C=O) groups excluding carboxylic acids is 1. The summed E-state index contributed by atoms with van der Waals surface area (Å²) in [5.74, 6) is -0.521. The van der Waals surface area contributed by atoms with Gasteiger partial charge in [-0.25, -0.2) is 23.2 Å². The van der Waals surface area contributed by atoms with Crippen LogP contribution in [0.5, 0.6) is 0 Å². The van der Waals surface area contributed by atoms with Crippen LogP contribution < -0.4 is 0 Å². The molecule has 8 heteroatoms. The van der Waals surface area contributed by atoms with Gasteiger partial charge in [0.2, 0.25) is 0 Å². The smallest absolute Gasteiger partial charge is 0.342 e. The molecule has 0 atom stereocenters. The predicted octanol–water partition coefficient (Wildman–Crippen LogP) is 1.49. The molecule has 0 spiro atoms. The van der Waals surface area contributed by atoms with E-state index in [1.165, 1.54) is 6.20 Å². The Hall–Kier alpha value is -1.96. The summed E-state index contributed by atoms with van der Waals surface area (Å²) in [4.78, 5) is 23.2. The van der Waals surface area contributed by atoms with E-state index in [1.54, 1.807) is 6.92 Å². The van der Waals surface area contributed by atoms with Gasteiger partial charge in [0, 0.05) is 11.9 Å². The lowest BCUT2D eigenvalue weighted by molar-refractivity contribution is 0.0527. The van der Waals surface area contributed by atoms with Crippen molar-refractivity contribution < 1.29 is 17.9 Å². The van der Waals surface area contributed by atoms with Crippen LogP contribution in [0.25, 0.3) is 11.2 Å². The highest BCUT2D eigenvalue weighted by Crippen LogP contribution is 2.22. The second-order valence-electron chi connectivity index (χ2n) is 4.63. The number of fused-ring (bicyclic) bond motifs is 1. The molecule has 0 bridgehead atoms. The molecule has 21 heavy (non-hydrogen) atoms. The van der Waals surface area contributed by atoms with Gasteiger partial charge in [-0.3, -0.25) is 0 Å². The Balaban J connectivity index is 2.70. The molecule has 0 aromatic carbocycles. The topological polar surface area (TPSA) is 102 Å². The number of rotatable bonds is 5. The van der Waals surface area contributed by atoms with Crippen molar-refractivity contribution in [1.82, 2.24) is 15.0 Å². The molecule has 114 valence electrons. The lowest BCUT2D eigenvalue weighted by Crippen LogP contribution is -2.08. The third-order valence-corrected chi connectivity index (χ3v) is 3.87. The first-order valence-corrected chi connectivity index (χ1v) is 8.52. The van der Waals surface area contributed by atoms with Crippen LogP contribution in [0.1, 0.15) is 36.3 Å². The summed E-state index contributed by atoms with van der Waals surface area (Å²) < 4.78 is 28.2. The van der Waals surface area contributed by atoms with Crippen molar-refractivity contribution in [2.24, 2.45) is 0 Å². The van der Waals surface area contributed by atoms with Gasteiger partial charge < -0.3 is 9.72 Å². The van der Waals surface area contributed by atoms with E-state index in [4.69, 9.17) is 4.74 Å². The van der Waals surface area contributed by atoms with Gasteiger partial charge >= 0.3 is 5.97 Å². The number of aromatic nitrogens is 3. The van der Waals surface area contributed by atoms with E-state index >= 15 is 0 Å². The number of aryl methyl sites for hydroxylation is 1. The molecular formula is C13H17N3O4S. The third-order valence-electron chi connectivity index (χ3n) is 2.92. The third kappa shape index (κ3) is 3.05. The van der Waals surface area contributed by atoms with Crippen LogP contribution >= 0.6 is 0 Å². The van der Waals surface area contributed by atoms with E-state index in [1.807, 2.05) is 6.92 Å². The molecule has 2 heterocycles. The fourth-order valence-electron chi connectivity index (χ4n) is 2.03. The summed E-state index contributed by atoms with van der Waals surface area (Å²) in [7, 11) is -3.49. The van der Waals surface area contributed by atoms with Gasteiger partial charge in [0.05, 0.1) is 12.8 Å². The molecule has 0 saturated heterocycles. The van der Waals surface area contributed by atoms with Gasteiger partial charge in [0.25, 0.3) is 0 Å². The number of nitrogens with one attached hydrogen (secondary N) is 1.